The lowest BCUT2D eigenvalue weighted by Gasteiger charge is -1.99. The maximum atomic E-state index is 11.0. The largest absolute Gasteiger partial charge is 0.290 e. The summed E-state index contributed by atoms with van der Waals surface area (Å²) < 4.78 is 0. The SMILES string of the molecule is Cc1ccnc2ccc([O])cc12. The normalized spacial score (nSPS) is 10.4. The van der Waals surface area contributed by atoms with Crippen molar-refractivity contribution in [3.63, 3.8) is 0 Å². The quantitative estimate of drug-likeness (QED) is 0.580. The fourth-order valence-electron chi connectivity index (χ4n) is 1.26. The first kappa shape index (κ1) is 7.10. The number of pyridine rings is 1. The van der Waals surface area contributed by atoms with Crippen LogP contribution >= 0.6 is 0 Å². The molecule has 0 bridgehead atoms. The average Bonchev–Trinajstić information content (AvgIpc) is 2.07. The van der Waals surface area contributed by atoms with Crippen molar-refractivity contribution in [2.75, 3.05) is 0 Å². The number of nitrogens with zero attached hydrogens (tertiary/aromatic N) is 1. The molecule has 0 saturated heterocycles. The summed E-state index contributed by atoms with van der Waals surface area (Å²) in [6, 6.07) is 6.82. The van der Waals surface area contributed by atoms with Crippen LogP contribution in [0.2, 0.25) is 0 Å². The number of fused-ring (bicyclic) bond motifs is 1. The molecule has 1 aromatic carbocycles. The summed E-state index contributed by atoms with van der Waals surface area (Å²) >= 11 is 0. The molecule has 0 aliphatic heterocycles. The highest BCUT2D eigenvalue weighted by Gasteiger charge is 1.98. The molecule has 1 aromatic heterocycles. The summed E-state index contributed by atoms with van der Waals surface area (Å²) in [5.41, 5.74) is 1.98. The van der Waals surface area contributed by atoms with E-state index in [1.165, 1.54) is 6.07 Å². The number of rotatable bonds is 0. The Hall–Kier alpha value is -1.57. The number of hydrogen-bond acceptors (Lipinski definition) is 1. The lowest BCUT2D eigenvalue weighted by atomic mass is 10.1. The first-order chi connectivity index (χ1) is 5.77. The molecule has 2 aromatic rings. The van der Waals surface area contributed by atoms with E-state index < -0.39 is 0 Å². The fourth-order valence-corrected chi connectivity index (χ4v) is 1.26. The second-order valence-electron chi connectivity index (χ2n) is 2.81. The third-order valence-electron chi connectivity index (χ3n) is 1.93. The van der Waals surface area contributed by atoms with Crippen LogP contribution in [-0.2, 0) is 5.11 Å². The molecule has 2 heteroatoms. The smallest absolute Gasteiger partial charge is 0.179 e. The zero-order valence-electron chi connectivity index (χ0n) is 6.74. The molecular formula is C10H8NO. The van der Waals surface area contributed by atoms with E-state index in [1.54, 1.807) is 18.3 Å². The van der Waals surface area contributed by atoms with Crippen molar-refractivity contribution >= 4 is 10.9 Å². The summed E-state index contributed by atoms with van der Waals surface area (Å²) in [6.45, 7) is 1.98. The van der Waals surface area contributed by atoms with Crippen molar-refractivity contribution in [1.29, 1.82) is 0 Å². The van der Waals surface area contributed by atoms with E-state index in [9.17, 15) is 5.11 Å². The van der Waals surface area contributed by atoms with Gasteiger partial charge in [-0.3, -0.25) is 10.1 Å². The lowest BCUT2D eigenvalue weighted by molar-refractivity contribution is 0.355. The van der Waals surface area contributed by atoms with Gasteiger partial charge < -0.3 is 0 Å². The predicted molar refractivity (Wildman–Crippen MR) is 46.6 cm³/mol. The zero-order chi connectivity index (χ0) is 8.55. The molecule has 0 aliphatic carbocycles. The first-order valence-electron chi connectivity index (χ1n) is 3.80. The van der Waals surface area contributed by atoms with Crippen molar-refractivity contribution in [2.45, 2.75) is 6.92 Å². The van der Waals surface area contributed by atoms with Crippen LogP contribution in [0.3, 0.4) is 0 Å². The van der Waals surface area contributed by atoms with Gasteiger partial charge in [-0.2, -0.15) is 0 Å². The molecule has 0 fully saturated rings. The summed E-state index contributed by atoms with van der Waals surface area (Å²) in [7, 11) is 0. The summed E-state index contributed by atoms with van der Waals surface area (Å²) in [5, 5.41) is 12.0. The number of benzene rings is 1. The van der Waals surface area contributed by atoms with Crippen LogP contribution in [0.25, 0.3) is 10.9 Å². The third-order valence-corrected chi connectivity index (χ3v) is 1.93. The lowest BCUT2D eigenvalue weighted by Crippen LogP contribution is -1.80. The topological polar surface area (TPSA) is 32.8 Å². The summed E-state index contributed by atoms with van der Waals surface area (Å²) in [6.07, 6.45) is 1.75. The van der Waals surface area contributed by atoms with Gasteiger partial charge in [0.25, 0.3) is 0 Å². The molecule has 1 heterocycles. The average molecular weight is 158 g/mol. The minimum atomic E-state index is 0.0404. The van der Waals surface area contributed by atoms with Crippen LogP contribution in [-0.4, -0.2) is 4.98 Å². The minimum Gasteiger partial charge on any atom is -0.290 e. The Morgan fingerprint density at radius 2 is 2.08 bits per heavy atom. The van der Waals surface area contributed by atoms with Gasteiger partial charge in [0.1, 0.15) is 0 Å². The van der Waals surface area contributed by atoms with Crippen LogP contribution in [0, 0.1) is 6.92 Å². The molecule has 0 spiro atoms. The number of aryl methyl sites for hydroxylation is 1. The molecule has 12 heavy (non-hydrogen) atoms. The first-order valence-corrected chi connectivity index (χ1v) is 3.80. The van der Waals surface area contributed by atoms with E-state index in [2.05, 4.69) is 4.98 Å². The Morgan fingerprint density at radius 1 is 1.25 bits per heavy atom. The van der Waals surface area contributed by atoms with Gasteiger partial charge in [0, 0.05) is 11.6 Å². The molecule has 0 aliphatic rings. The van der Waals surface area contributed by atoms with Crippen LogP contribution in [0.1, 0.15) is 5.56 Å². The summed E-state index contributed by atoms with van der Waals surface area (Å²) in [4.78, 5) is 4.14. The van der Waals surface area contributed by atoms with Gasteiger partial charge in [-0.15, -0.1) is 0 Å². The van der Waals surface area contributed by atoms with Crippen LogP contribution < -0.4 is 0 Å². The van der Waals surface area contributed by atoms with E-state index in [4.69, 9.17) is 0 Å². The summed E-state index contributed by atoms with van der Waals surface area (Å²) in [5.74, 6) is 0.0404. The standard InChI is InChI=1S/C10H8NO/c1-7-4-5-11-10-3-2-8(12)6-9(7)10/h2-6H,1H3. The fraction of sp³-hybridized carbons (Fsp3) is 0.100. The molecule has 2 nitrogen and oxygen atoms in total. The number of aromatic nitrogens is 1. The van der Waals surface area contributed by atoms with Gasteiger partial charge in [0.15, 0.2) is 5.75 Å². The monoisotopic (exact) mass is 158 g/mol. The Kier molecular flexibility index (Phi) is 1.47. The molecule has 0 unspecified atom stereocenters. The van der Waals surface area contributed by atoms with E-state index in [-0.39, 0.29) is 5.75 Å². The maximum Gasteiger partial charge on any atom is 0.179 e. The van der Waals surface area contributed by atoms with Gasteiger partial charge in [-0.1, -0.05) is 0 Å². The number of hydrogen-bond donors (Lipinski definition) is 0. The highest BCUT2D eigenvalue weighted by molar-refractivity contribution is 5.82. The van der Waals surface area contributed by atoms with E-state index in [0.29, 0.717) is 0 Å². The van der Waals surface area contributed by atoms with Gasteiger partial charge >= 0.3 is 0 Å². The Morgan fingerprint density at radius 3 is 2.92 bits per heavy atom. The van der Waals surface area contributed by atoms with Crippen LogP contribution in [0.4, 0.5) is 0 Å². The van der Waals surface area contributed by atoms with Crippen LogP contribution in [0.5, 0.6) is 5.75 Å². The Bertz CT molecular complexity index is 423. The molecule has 59 valence electrons. The highest BCUT2D eigenvalue weighted by atomic mass is 16.3. The molecule has 1 radical (unpaired) electrons. The minimum absolute atomic E-state index is 0.0404. The zero-order valence-corrected chi connectivity index (χ0v) is 6.74. The predicted octanol–water partition coefficient (Wildman–Crippen LogP) is 2.69. The van der Waals surface area contributed by atoms with E-state index >= 15 is 0 Å². The maximum absolute atomic E-state index is 11.0. The van der Waals surface area contributed by atoms with Gasteiger partial charge in [0.2, 0.25) is 0 Å². The van der Waals surface area contributed by atoms with Gasteiger partial charge in [0.05, 0.1) is 5.52 Å². The Labute approximate surface area is 70.5 Å². The van der Waals surface area contributed by atoms with Crippen molar-refractivity contribution in [2.24, 2.45) is 0 Å². The second kappa shape index (κ2) is 2.48. The van der Waals surface area contributed by atoms with Crippen molar-refractivity contribution < 1.29 is 5.11 Å². The third kappa shape index (κ3) is 1.01. The molecule has 0 atom stereocenters. The van der Waals surface area contributed by atoms with E-state index in [0.717, 1.165) is 16.5 Å². The second-order valence-corrected chi connectivity index (χ2v) is 2.81. The molecular weight excluding hydrogens is 150 g/mol. The van der Waals surface area contributed by atoms with Crippen molar-refractivity contribution in [3.8, 4) is 5.75 Å². The van der Waals surface area contributed by atoms with Gasteiger partial charge in [-0.25, -0.2) is 0 Å². The van der Waals surface area contributed by atoms with Crippen molar-refractivity contribution in [1.82, 2.24) is 4.98 Å². The Balaban J connectivity index is 2.88. The molecule has 0 N–H and O–H groups in total. The molecule has 0 amide bonds. The molecule has 0 saturated carbocycles. The van der Waals surface area contributed by atoms with Gasteiger partial charge in [-0.05, 0) is 36.8 Å². The van der Waals surface area contributed by atoms with Crippen LogP contribution in [0.15, 0.2) is 30.5 Å². The molecule has 2 rings (SSSR count). The van der Waals surface area contributed by atoms with E-state index in [1.807, 2.05) is 13.0 Å². The van der Waals surface area contributed by atoms with Crippen molar-refractivity contribution in [3.05, 3.63) is 36.0 Å². The highest BCUT2D eigenvalue weighted by Crippen LogP contribution is 2.20.